The quantitative estimate of drug-likeness (QED) is 0.840. The van der Waals surface area contributed by atoms with Gasteiger partial charge in [0.2, 0.25) is 0 Å². The molecule has 4 heterocycles. The third-order valence-corrected chi connectivity index (χ3v) is 5.12. The molecule has 22 heavy (non-hydrogen) atoms. The van der Waals surface area contributed by atoms with Crippen molar-refractivity contribution in [3.8, 4) is 0 Å². The molecular formula is C15H18N4O2S. The molecule has 116 valence electrons. The monoisotopic (exact) mass is 318 g/mol. The van der Waals surface area contributed by atoms with E-state index in [1.54, 1.807) is 17.7 Å². The van der Waals surface area contributed by atoms with Gasteiger partial charge in [0.25, 0.3) is 5.91 Å². The van der Waals surface area contributed by atoms with Crippen LogP contribution in [0.25, 0.3) is 10.2 Å². The first-order valence-electron chi connectivity index (χ1n) is 7.66. The van der Waals surface area contributed by atoms with E-state index in [4.69, 9.17) is 4.74 Å². The Morgan fingerprint density at radius 1 is 1.27 bits per heavy atom. The summed E-state index contributed by atoms with van der Waals surface area (Å²) in [6, 6.07) is 2.04. The van der Waals surface area contributed by atoms with E-state index in [9.17, 15) is 4.79 Å². The van der Waals surface area contributed by atoms with E-state index in [0.29, 0.717) is 13.2 Å². The van der Waals surface area contributed by atoms with Crippen LogP contribution in [0.4, 0.5) is 5.82 Å². The van der Waals surface area contributed by atoms with E-state index in [1.165, 1.54) is 0 Å². The summed E-state index contributed by atoms with van der Waals surface area (Å²) < 4.78 is 5.72. The van der Waals surface area contributed by atoms with Crippen molar-refractivity contribution in [3.63, 3.8) is 0 Å². The molecular weight excluding hydrogens is 300 g/mol. The number of thiophene rings is 1. The average Bonchev–Trinajstić information content (AvgIpc) is 3.25. The molecule has 2 saturated heterocycles. The Labute approximate surface area is 132 Å². The van der Waals surface area contributed by atoms with E-state index in [1.807, 2.05) is 16.3 Å². The van der Waals surface area contributed by atoms with Gasteiger partial charge < -0.3 is 14.5 Å². The summed E-state index contributed by atoms with van der Waals surface area (Å²) in [7, 11) is 0. The number of carbonyl (C=O) groups is 1. The minimum atomic E-state index is -0.379. The Morgan fingerprint density at radius 3 is 3.00 bits per heavy atom. The summed E-state index contributed by atoms with van der Waals surface area (Å²) in [4.78, 5) is 26.3. The van der Waals surface area contributed by atoms with Crippen LogP contribution in [0.5, 0.6) is 0 Å². The maximum Gasteiger partial charge on any atom is 0.253 e. The Balaban J connectivity index is 1.55. The van der Waals surface area contributed by atoms with Crippen molar-refractivity contribution in [3.05, 3.63) is 17.8 Å². The molecule has 6 nitrogen and oxygen atoms in total. The van der Waals surface area contributed by atoms with E-state index in [2.05, 4.69) is 14.9 Å². The predicted octanol–water partition coefficient (Wildman–Crippen LogP) is 1.52. The summed E-state index contributed by atoms with van der Waals surface area (Å²) in [5.74, 6) is 1.03. The molecule has 0 N–H and O–H groups in total. The van der Waals surface area contributed by atoms with Gasteiger partial charge in [-0.1, -0.05) is 0 Å². The van der Waals surface area contributed by atoms with Crippen LogP contribution in [0, 0.1) is 0 Å². The van der Waals surface area contributed by atoms with Crippen molar-refractivity contribution in [2.75, 3.05) is 37.7 Å². The van der Waals surface area contributed by atoms with Crippen LogP contribution in [0.2, 0.25) is 0 Å². The first-order chi connectivity index (χ1) is 10.8. The number of morpholine rings is 1. The Morgan fingerprint density at radius 2 is 2.14 bits per heavy atom. The molecule has 4 rings (SSSR count). The maximum atomic E-state index is 12.5. The van der Waals surface area contributed by atoms with Crippen LogP contribution >= 0.6 is 11.3 Å². The summed E-state index contributed by atoms with van der Waals surface area (Å²) in [5, 5.41) is 3.08. The lowest BCUT2D eigenvalue weighted by atomic mass is 10.2. The largest absolute Gasteiger partial charge is 0.365 e. The number of nitrogens with zero attached hydrogens (tertiary/aromatic N) is 4. The zero-order chi connectivity index (χ0) is 14.9. The van der Waals surface area contributed by atoms with Gasteiger partial charge in [-0.2, -0.15) is 0 Å². The molecule has 0 aliphatic carbocycles. The number of rotatable bonds is 2. The Kier molecular flexibility index (Phi) is 3.67. The van der Waals surface area contributed by atoms with Gasteiger partial charge in [-0.05, 0) is 24.3 Å². The molecule has 2 fully saturated rings. The standard InChI is InChI=1S/C15H18N4O2S/c20-15(18-4-1-2-5-18)12-9-19(6-7-21-12)13-11-3-8-22-14(11)17-10-16-13/h3,8,10,12H,1-2,4-7,9H2. The zero-order valence-electron chi connectivity index (χ0n) is 12.3. The number of aromatic nitrogens is 2. The number of anilines is 1. The minimum absolute atomic E-state index is 0.123. The van der Waals surface area contributed by atoms with Crippen LogP contribution in [0.15, 0.2) is 17.8 Å². The van der Waals surface area contributed by atoms with Gasteiger partial charge >= 0.3 is 0 Å². The van der Waals surface area contributed by atoms with Crippen molar-refractivity contribution >= 4 is 33.3 Å². The first kappa shape index (κ1) is 13.9. The smallest absolute Gasteiger partial charge is 0.253 e. The number of carbonyl (C=O) groups excluding carboxylic acids is 1. The Hall–Kier alpha value is -1.73. The molecule has 0 aromatic carbocycles. The van der Waals surface area contributed by atoms with E-state index in [0.717, 1.165) is 48.5 Å². The number of hydrogen-bond acceptors (Lipinski definition) is 6. The number of hydrogen-bond donors (Lipinski definition) is 0. The van der Waals surface area contributed by atoms with Gasteiger partial charge in [-0.3, -0.25) is 4.79 Å². The molecule has 2 aromatic rings. The molecule has 0 spiro atoms. The summed E-state index contributed by atoms with van der Waals surface area (Å²) in [6.07, 6.45) is 3.42. The number of fused-ring (bicyclic) bond motifs is 1. The normalized spacial score (nSPS) is 22.5. The van der Waals surface area contributed by atoms with Crippen LogP contribution in [-0.4, -0.2) is 59.7 Å². The van der Waals surface area contributed by atoms with Gasteiger partial charge in [0.15, 0.2) is 6.10 Å². The second kappa shape index (κ2) is 5.81. The molecule has 2 aliphatic heterocycles. The van der Waals surface area contributed by atoms with Crippen LogP contribution < -0.4 is 4.90 Å². The van der Waals surface area contributed by atoms with Gasteiger partial charge in [0.05, 0.1) is 18.5 Å². The fourth-order valence-corrected chi connectivity index (χ4v) is 3.89. The highest BCUT2D eigenvalue weighted by Crippen LogP contribution is 2.28. The SMILES string of the molecule is O=C(C1CN(c2ncnc3sccc23)CCO1)N1CCCC1. The van der Waals surface area contributed by atoms with Crippen LogP contribution in [0.1, 0.15) is 12.8 Å². The lowest BCUT2D eigenvalue weighted by Gasteiger charge is -2.34. The molecule has 1 unspecified atom stereocenters. The minimum Gasteiger partial charge on any atom is -0.365 e. The first-order valence-corrected chi connectivity index (χ1v) is 8.54. The molecule has 1 atom stereocenters. The van der Waals surface area contributed by atoms with E-state index >= 15 is 0 Å². The summed E-state index contributed by atoms with van der Waals surface area (Å²) >= 11 is 1.61. The third-order valence-electron chi connectivity index (χ3n) is 4.30. The molecule has 1 amide bonds. The summed E-state index contributed by atoms with van der Waals surface area (Å²) in [5.41, 5.74) is 0. The highest BCUT2D eigenvalue weighted by Gasteiger charge is 2.32. The summed E-state index contributed by atoms with van der Waals surface area (Å²) in [6.45, 7) is 3.60. The van der Waals surface area contributed by atoms with Crippen molar-refractivity contribution in [1.29, 1.82) is 0 Å². The van der Waals surface area contributed by atoms with Gasteiger partial charge in [-0.25, -0.2) is 9.97 Å². The predicted molar refractivity (Wildman–Crippen MR) is 85.2 cm³/mol. The van der Waals surface area contributed by atoms with Crippen molar-refractivity contribution in [1.82, 2.24) is 14.9 Å². The van der Waals surface area contributed by atoms with Crippen molar-refractivity contribution in [2.24, 2.45) is 0 Å². The van der Waals surface area contributed by atoms with Gasteiger partial charge in [0.1, 0.15) is 17.0 Å². The number of ether oxygens (including phenoxy) is 1. The lowest BCUT2D eigenvalue weighted by molar-refractivity contribution is -0.143. The average molecular weight is 318 g/mol. The molecule has 7 heteroatoms. The molecule has 0 bridgehead atoms. The number of likely N-dealkylation sites (tertiary alicyclic amines) is 1. The molecule has 2 aliphatic rings. The fourth-order valence-electron chi connectivity index (χ4n) is 3.16. The maximum absolute atomic E-state index is 12.5. The third kappa shape index (κ3) is 2.44. The highest BCUT2D eigenvalue weighted by molar-refractivity contribution is 7.16. The van der Waals surface area contributed by atoms with E-state index < -0.39 is 0 Å². The van der Waals surface area contributed by atoms with Gasteiger partial charge in [-0.15, -0.1) is 11.3 Å². The Bertz CT molecular complexity index is 683. The highest BCUT2D eigenvalue weighted by atomic mass is 32.1. The van der Waals surface area contributed by atoms with Crippen LogP contribution in [-0.2, 0) is 9.53 Å². The number of amides is 1. The topological polar surface area (TPSA) is 58.6 Å². The van der Waals surface area contributed by atoms with Crippen LogP contribution in [0.3, 0.4) is 0 Å². The fraction of sp³-hybridized carbons (Fsp3) is 0.533. The van der Waals surface area contributed by atoms with E-state index in [-0.39, 0.29) is 12.0 Å². The lowest BCUT2D eigenvalue weighted by Crippen LogP contribution is -2.50. The van der Waals surface area contributed by atoms with Crippen molar-refractivity contribution < 1.29 is 9.53 Å². The molecule has 0 radical (unpaired) electrons. The zero-order valence-corrected chi connectivity index (χ0v) is 13.1. The van der Waals surface area contributed by atoms with Crippen molar-refractivity contribution in [2.45, 2.75) is 18.9 Å². The van der Waals surface area contributed by atoms with Gasteiger partial charge in [0, 0.05) is 19.6 Å². The molecule has 2 aromatic heterocycles. The second-order valence-corrected chi connectivity index (χ2v) is 6.57. The molecule has 0 saturated carbocycles. The second-order valence-electron chi connectivity index (χ2n) is 5.67.